The Balaban J connectivity index is 1.71. The number of hydrogen-bond acceptors (Lipinski definition) is 1. The first-order chi connectivity index (χ1) is 16.4. The van der Waals surface area contributed by atoms with Crippen molar-refractivity contribution >= 4 is 16.8 Å². The minimum absolute atomic E-state index is 0.00289. The molecule has 0 bridgehead atoms. The maximum Gasteiger partial charge on any atom is 0.220 e. The second kappa shape index (κ2) is 10.7. The van der Waals surface area contributed by atoms with Gasteiger partial charge in [0.1, 0.15) is 0 Å². The molecule has 0 aliphatic heterocycles. The summed E-state index contributed by atoms with van der Waals surface area (Å²) in [6.07, 6.45) is 3.70. The molecule has 0 saturated heterocycles. The largest absolute Gasteiger partial charge is 0.356 e. The van der Waals surface area contributed by atoms with Crippen molar-refractivity contribution < 1.29 is 4.79 Å². The van der Waals surface area contributed by atoms with Crippen LogP contribution in [0.25, 0.3) is 10.9 Å². The zero-order valence-corrected chi connectivity index (χ0v) is 20.8. The molecule has 3 heteroatoms. The fourth-order valence-electron chi connectivity index (χ4n) is 4.63. The summed E-state index contributed by atoms with van der Waals surface area (Å²) >= 11 is 0. The molecule has 1 atom stereocenters. The first-order valence-electron chi connectivity index (χ1n) is 12.4. The van der Waals surface area contributed by atoms with Gasteiger partial charge < -0.3 is 9.88 Å². The Bertz CT molecular complexity index is 1250. The van der Waals surface area contributed by atoms with Crippen LogP contribution in [0, 0.1) is 19.8 Å². The molecular formula is C31H36N2O. The Hall–Kier alpha value is -3.33. The number of nitrogens with zero attached hydrogens (tertiary/aromatic N) is 1. The third-order valence-electron chi connectivity index (χ3n) is 6.55. The van der Waals surface area contributed by atoms with Crippen LogP contribution in [-0.2, 0) is 11.3 Å². The van der Waals surface area contributed by atoms with Crippen LogP contribution in [0.15, 0.2) is 79.0 Å². The van der Waals surface area contributed by atoms with Gasteiger partial charge in [-0.2, -0.15) is 0 Å². The Kier molecular flexibility index (Phi) is 7.52. The zero-order chi connectivity index (χ0) is 24.1. The number of carbonyl (C=O) groups is 1. The lowest BCUT2D eigenvalue weighted by Crippen LogP contribution is -2.27. The third-order valence-corrected chi connectivity index (χ3v) is 6.55. The average molecular weight is 453 g/mol. The number of hydrogen-bond donors (Lipinski definition) is 1. The second-order valence-corrected chi connectivity index (χ2v) is 9.92. The maximum absolute atomic E-state index is 13.0. The standard InChI is InChI=1S/C31H36N2O/c1-22(2)16-17-32-31(34)19-28(26-9-7-8-24(4)18-26)29-21-33(30-11-6-5-10-27(29)30)20-25-14-12-23(3)13-15-25/h5-15,18,21-22,28H,16-17,19-20H2,1-4H3,(H,32,34)/t28-/m1/s1. The normalized spacial score (nSPS) is 12.3. The number of benzene rings is 3. The quantitative estimate of drug-likeness (QED) is 0.292. The van der Waals surface area contributed by atoms with Crippen LogP contribution < -0.4 is 5.32 Å². The van der Waals surface area contributed by atoms with E-state index in [1.807, 2.05) is 0 Å². The van der Waals surface area contributed by atoms with Gasteiger partial charge in [0.15, 0.2) is 0 Å². The Morgan fingerprint density at radius 2 is 1.68 bits per heavy atom. The van der Waals surface area contributed by atoms with Crippen molar-refractivity contribution in [1.82, 2.24) is 9.88 Å². The average Bonchev–Trinajstić information content (AvgIpc) is 3.17. The second-order valence-electron chi connectivity index (χ2n) is 9.92. The summed E-state index contributed by atoms with van der Waals surface area (Å²) in [5, 5.41) is 4.37. The van der Waals surface area contributed by atoms with Crippen LogP contribution in [-0.4, -0.2) is 17.0 Å². The number of amides is 1. The van der Waals surface area contributed by atoms with Crippen LogP contribution in [0.1, 0.15) is 60.4 Å². The molecule has 1 aromatic heterocycles. The van der Waals surface area contributed by atoms with Gasteiger partial charge in [-0.1, -0.05) is 91.7 Å². The van der Waals surface area contributed by atoms with Gasteiger partial charge in [0, 0.05) is 42.5 Å². The number of aromatic nitrogens is 1. The molecule has 176 valence electrons. The van der Waals surface area contributed by atoms with Crippen LogP contribution in [0.5, 0.6) is 0 Å². The molecule has 1 N–H and O–H groups in total. The molecule has 1 heterocycles. The first kappa shape index (κ1) is 23.8. The predicted molar refractivity (Wildman–Crippen MR) is 142 cm³/mol. The summed E-state index contributed by atoms with van der Waals surface area (Å²) in [6.45, 7) is 10.1. The van der Waals surface area contributed by atoms with Gasteiger partial charge in [0.25, 0.3) is 0 Å². The lowest BCUT2D eigenvalue weighted by molar-refractivity contribution is -0.121. The van der Waals surface area contributed by atoms with E-state index in [9.17, 15) is 4.79 Å². The van der Waals surface area contributed by atoms with Crippen molar-refractivity contribution in [2.45, 2.75) is 53.0 Å². The summed E-state index contributed by atoms with van der Waals surface area (Å²) in [6, 6.07) is 25.9. The van der Waals surface area contributed by atoms with Crippen LogP contribution in [0.2, 0.25) is 0 Å². The molecule has 0 saturated carbocycles. The fourth-order valence-corrected chi connectivity index (χ4v) is 4.63. The van der Waals surface area contributed by atoms with Crippen LogP contribution >= 0.6 is 0 Å². The van der Waals surface area contributed by atoms with E-state index < -0.39 is 0 Å². The van der Waals surface area contributed by atoms with E-state index in [4.69, 9.17) is 0 Å². The van der Waals surface area contributed by atoms with Crippen molar-refractivity contribution in [2.24, 2.45) is 5.92 Å². The summed E-state index contributed by atoms with van der Waals surface area (Å²) in [7, 11) is 0. The summed E-state index contributed by atoms with van der Waals surface area (Å²) < 4.78 is 2.33. The minimum atomic E-state index is 0.00289. The van der Waals surface area contributed by atoms with Crippen molar-refractivity contribution in [1.29, 1.82) is 0 Å². The smallest absolute Gasteiger partial charge is 0.220 e. The van der Waals surface area contributed by atoms with Crippen LogP contribution in [0.3, 0.4) is 0 Å². The molecule has 3 aromatic carbocycles. The number of aryl methyl sites for hydroxylation is 2. The highest BCUT2D eigenvalue weighted by atomic mass is 16.1. The molecule has 0 fully saturated rings. The molecule has 0 aliphatic rings. The molecule has 4 rings (SSSR count). The molecule has 34 heavy (non-hydrogen) atoms. The predicted octanol–water partition coefficient (Wildman–Crippen LogP) is 6.99. The lowest BCUT2D eigenvalue weighted by Gasteiger charge is -2.18. The van der Waals surface area contributed by atoms with E-state index in [0.717, 1.165) is 19.5 Å². The minimum Gasteiger partial charge on any atom is -0.356 e. The molecule has 0 radical (unpaired) electrons. The van der Waals surface area contributed by atoms with E-state index in [1.165, 1.54) is 38.7 Å². The number of nitrogens with one attached hydrogen (secondary N) is 1. The number of fused-ring (bicyclic) bond motifs is 1. The van der Waals surface area contributed by atoms with Gasteiger partial charge in [0.2, 0.25) is 5.91 Å². The van der Waals surface area contributed by atoms with Gasteiger partial charge in [-0.25, -0.2) is 0 Å². The van der Waals surface area contributed by atoms with Crippen molar-refractivity contribution in [3.8, 4) is 0 Å². The molecule has 0 unspecified atom stereocenters. The van der Waals surface area contributed by atoms with Gasteiger partial charge in [-0.3, -0.25) is 4.79 Å². The summed E-state index contributed by atoms with van der Waals surface area (Å²) in [4.78, 5) is 13.0. The van der Waals surface area contributed by atoms with E-state index in [1.54, 1.807) is 0 Å². The number of rotatable bonds is 9. The highest BCUT2D eigenvalue weighted by Crippen LogP contribution is 2.35. The Morgan fingerprint density at radius 3 is 2.41 bits per heavy atom. The molecule has 4 aromatic rings. The Morgan fingerprint density at radius 1 is 0.912 bits per heavy atom. The van der Waals surface area contributed by atoms with Crippen molar-refractivity contribution in [3.63, 3.8) is 0 Å². The molecule has 0 spiro atoms. The van der Waals surface area contributed by atoms with Crippen LogP contribution in [0.4, 0.5) is 0 Å². The summed E-state index contributed by atoms with van der Waals surface area (Å²) in [5.74, 6) is 0.693. The summed E-state index contributed by atoms with van der Waals surface area (Å²) in [5.41, 5.74) is 7.37. The van der Waals surface area contributed by atoms with E-state index in [2.05, 4.69) is 117 Å². The molecular weight excluding hydrogens is 416 g/mol. The maximum atomic E-state index is 13.0. The van der Waals surface area contributed by atoms with E-state index in [-0.39, 0.29) is 11.8 Å². The van der Waals surface area contributed by atoms with Gasteiger partial charge >= 0.3 is 0 Å². The number of para-hydroxylation sites is 1. The van der Waals surface area contributed by atoms with Gasteiger partial charge in [-0.15, -0.1) is 0 Å². The Labute approximate surface area is 203 Å². The van der Waals surface area contributed by atoms with Gasteiger partial charge in [0.05, 0.1) is 0 Å². The van der Waals surface area contributed by atoms with Gasteiger partial charge in [-0.05, 0) is 48.9 Å². The van der Waals surface area contributed by atoms with E-state index in [0.29, 0.717) is 12.3 Å². The third kappa shape index (κ3) is 5.77. The molecule has 1 amide bonds. The zero-order valence-electron chi connectivity index (χ0n) is 20.8. The SMILES string of the molecule is Cc1ccc(Cn2cc([C@H](CC(=O)NCCC(C)C)c3cccc(C)c3)c3ccccc32)cc1. The molecule has 3 nitrogen and oxygen atoms in total. The van der Waals surface area contributed by atoms with Crippen molar-refractivity contribution in [2.75, 3.05) is 6.54 Å². The fraction of sp³-hybridized carbons (Fsp3) is 0.323. The number of carbonyl (C=O) groups excluding carboxylic acids is 1. The highest BCUT2D eigenvalue weighted by Gasteiger charge is 2.23. The monoisotopic (exact) mass is 452 g/mol. The lowest BCUT2D eigenvalue weighted by atomic mass is 9.87. The highest BCUT2D eigenvalue weighted by molar-refractivity contribution is 5.86. The topological polar surface area (TPSA) is 34.0 Å². The molecule has 0 aliphatic carbocycles. The first-order valence-corrected chi connectivity index (χ1v) is 12.4. The van der Waals surface area contributed by atoms with Crippen molar-refractivity contribution in [3.05, 3.63) is 107 Å². The van der Waals surface area contributed by atoms with E-state index >= 15 is 0 Å².